The summed E-state index contributed by atoms with van der Waals surface area (Å²) in [7, 11) is 0. The first-order valence-electron chi connectivity index (χ1n) is 14.2. The van der Waals surface area contributed by atoms with Gasteiger partial charge in [0.15, 0.2) is 0 Å². The maximum Gasteiger partial charge on any atom is 0.416 e. The number of nitrogens with two attached hydrogens (primary N) is 1. The van der Waals surface area contributed by atoms with Crippen molar-refractivity contribution in [3.63, 3.8) is 0 Å². The van der Waals surface area contributed by atoms with Crippen molar-refractivity contribution in [2.75, 3.05) is 31.1 Å². The van der Waals surface area contributed by atoms with Crippen LogP contribution in [0.3, 0.4) is 0 Å². The predicted octanol–water partition coefficient (Wildman–Crippen LogP) is 4.69. The molecule has 232 valence electrons. The van der Waals surface area contributed by atoms with Gasteiger partial charge in [-0.25, -0.2) is 13.6 Å². The van der Waals surface area contributed by atoms with Crippen LogP contribution < -0.4 is 21.9 Å². The van der Waals surface area contributed by atoms with Gasteiger partial charge in [-0.05, 0) is 30.7 Å². The lowest BCUT2D eigenvalue weighted by Crippen LogP contribution is -2.51. The number of nitrogens with zero attached hydrogens (tertiary/aromatic N) is 4. The second-order valence-corrected chi connectivity index (χ2v) is 10.9. The second kappa shape index (κ2) is 12.7. The minimum absolute atomic E-state index is 0.114. The van der Waals surface area contributed by atoms with E-state index in [-0.39, 0.29) is 23.7 Å². The first kappa shape index (κ1) is 31.1. The molecular weight excluding hydrogens is 581 g/mol. The summed E-state index contributed by atoms with van der Waals surface area (Å²) in [6.45, 7) is 2.44. The van der Waals surface area contributed by atoms with Gasteiger partial charge >= 0.3 is 11.9 Å². The molecule has 0 saturated carbocycles. The number of halogens is 5. The third-order valence-electron chi connectivity index (χ3n) is 8.04. The Morgan fingerprint density at radius 2 is 1.43 bits per heavy atom. The van der Waals surface area contributed by atoms with Crippen LogP contribution in [0.25, 0.3) is 0 Å². The molecule has 5 rings (SSSR count). The zero-order chi connectivity index (χ0) is 31.6. The molecule has 1 atom stereocenters. The van der Waals surface area contributed by atoms with Crippen LogP contribution in [0.2, 0.25) is 0 Å². The Morgan fingerprint density at radius 3 is 2.09 bits per heavy atom. The minimum Gasteiger partial charge on any atom is -0.363 e. The number of rotatable bonds is 8. The van der Waals surface area contributed by atoms with Crippen LogP contribution in [-0.2, 0) is 25.8 Å². The summed E-state index contributed by atoms with van der Waals surface area (Å²) in [6, 6.07) is 17.1. The van der Waals surface area contributed by atoms with E-state index in [2.05, 4.69) is 0 Å². The molecule has 3 aromatic carbocycles. The Kier molecular flexibility index (Phi) is 9.02. The lowest BCUT2D eigenvalue weighted by molar-refractivity contribution is -0.138. The lowest BCUT2D eigenvalue weighted by atomic mass is 10.1. The molecule has 1 saturated heterocycles. The molecule has 0 aliphatic carbocycles. The zero-order valence-electron chi connectivity index (χ0n) is 24.0. The summed E-state index contributed by atoms with van der Waals surface area (Å²) in [4.78, 5) is 31.5. The van der Waals surface area contributed by atoms with E-state index in [0.29, 0.717) is 43.9 Å². The second-order valence-electron chi connectivity index (χ2n) is 10.9. The maximum absolute atomic E-state index is 14.9. The number of piperazine rings is 1. The van der Waals surface area contributed by atoms with Gasteiger partial charge in [-0.3, -0.25) is 18.8 Å². The number of hydrogen-bond donors (Lipinski definition) is 1. The molecule has 0 bridgehead atoms. The van der Waals surface area contributed by atoms with Gasteiger partial charge in [0.2, 0.25) is 0 Å². The molecule has 12 heteroatoms. The summed E-state index contributed by atoms with van der Waals surface area (Å²) in [5, 5.41) is 0. The first-order chi connectivity index (χ1) is 21.0. The highest BCUT2D eigenvalue weighted by molar-refractivity contribution is 5.50. The molecule has 1 aliphatic heterocycles. The molecule has 1 aromatic heterocycles. The van der Waals surface area contributed by atoms with Crippen molar-refractivity contribution in [1.82, 2.24) is 14.0 Å². The van der Waals surface area contributed by atoms with Gasteiger partial charge in [-0.2, -0.15) is 13.2 Å². The Hall–Kier alpha value is -4.29. The maximum atomic E-state index is 14.9. The molecule has 0 amide bonds. The van der Waals surface area contributed by atoms with Crippen molar-refractivity contribution in [3.8, 4) is 0 Å². The summed E-state index contributed by atoms with van der Waals surface area (Å²) >= 11 is 0. The molecule has 44 heavy (non-hydrogen) atoms. The van der Waals surface area contributed by atoms with Crippen LogP contribution in [0, 0.1) is 18.6 Å². The van der Waals surface area contributed by atoms with Gasteiger partial charge in [0.1, 0.15) is 17.3 Å². The molecule has 0 unspecified atom stereocenters. The smallest absolute Gasteiger partial charge is 0.363 e. The summed E-state index contributed by atoms with van der Waals surface area (Å²) in [5.41, 5.74) is 4.37. The Bertz CT molecular complexity index is 1750. The van der Waals surface area contributed by atoms with Crippen LogP contribution in [-0.4, -0.2) is 40.2 Å². The van der Waals surface area contributed by atoms with Gasteiger partial charge < -0.3 is 10.6 Å². The average Bonchev–Trinajstić information content (AvgIpc) is 3.00. The van der Waals surface area contributed by atoms with E-state index in [0.717, 1.165) is 27.3 Å². The number of anilines is 1. The van der Waals surface area contributed by atoms with E-state index in [1.54, 1.807) is 53.4 Å². The summed E-state index contributed by atoms with van der Waals surface area (Å²) in [5.74, 6) is -1.44. The molecule has 7 nitrogen and oxygen atoms in total. The third-order valence-corrected chi connectivity index (χ3v) is 8.04. The van der Waals surface area contributed by atoms with E-state index in [9.17, 15) is 31.5 Å². The highest BCUT2D eigenvalue weighted by Crippen LogP contribution is 2.33. The fraction of sp³-hybridized carbons (Fsp3) is 0.312. The molecule has 1 fully saturated rings. The molecule has 1 aliphatic rings. The van der Waals surface area contributed by atoms with Crippen LogP contribution in [0.1, 0.15) is 34.0 Å². The third kappa shape index (κ3) is 6.46. The Morgan fingerprint density at radius 1 is 0.795 bits per heavy atom. The fourth-order valence-corrected chi connectivity index (χ4v) is 5.64. The van der Waals surface area contributed by atoms with E-state index in [1.807, 2.05) is 4.90 Å². The highest BCUT2D eigenvalue weighted by Gasteiger charge is 2.35. The van der Waals surface area contributed by atoms with E-state index in [1.165, 1.54) is 13.0 Å². The minimum atomic E-state index is -4.86. The summed E-state index contributed by atoms with van der Waals surface area (Å²) < 4.78 is 72.6. The SMILES string of the molecule is Cc1c(N2CCN(Cc3ccccc3F)CC2)c(=O)n(C[C@@H](N)c2ccccc2)c(=O)n1Cc1c(F)cccc1C(F)(F)F. The van der Waals surface area contributed by atoms with Crippen LogP contribution >= 0.6 is 0 Å². The highest BCUT2D eigenvalue weighted by atomic mass is 19.4. The number of benzene rings is 3. The molecule has 4 aromatic rings. The van der Waals surface area contributed by atoms with Gasteiger partial charge in [0.05, 0.1) is 18.7 Å². The molecule has 2 N–H and O–H groups in total. The van der Waals surface area contributed by atoms with E-state index >= 15 is 0 Å². The molecule has 0 radical (unpaired) electrons. The van der Waals surface area contributed by atoms with Crippen LogP contribution in [0.5, 0.6) is 0 Å². The first-order valence-corrected chi connectivity index (χ1v) is 14.2. The van der Waals surface area contributed by atoms with Crippen molar-refractivity contribution in [3.05, 3.63) is 133 Å². The van der Waals surface area contributed by atoms with E-state index < -0.39 is 47.0 Å². The molecule has 0 spiro atoms. The van der Waals surface area contributed by atoms with Crippen molar-refractivity contribution in [2.24, 2.45) is 5.73 Å². The van der Waals surface area contributed by atoms with Crippen molar-refractivity contribution >= 4 is 5.69 Å². The Balaban J connectivity index is 1.54. The van der Waals surface area contributed by atoms with Crippen molar-refractivity contribution in [2.45, 2.75) is 38.8 Å². The van der Waals surface area contributed by atoms with Gasteiger partial charge in [0.25, 0.3) is 5.56 Å². The van der Waals surface area contributed by atoms with Crippen molar-refractivity contribution in [1.29, 1.82) is 0 Å². The molecule has 2 heterocycles. The van der Waals surface area contributed by atoms with Gasteiger partial charge in [-0.1, -0.05) is 54.6 Å². The number of hydrogen-bond acceptors (Lipinski definition) is 5. The number of alkyl halides is 3. The van der Waals surface area contributed by atoms with E-state index in [4.69, 9.17) is 5.73 Å². The lowest BCUT2D eigenvalue weighted by Gasteiger charge is -2.37. The topological polar surface area (TPSA) is 76.5 Å². The van der Waals surface area contributed by atoms with Gasteiger partial charge in [0, 0.05) is 55.6 Å². The predicted molar refractivity (Wildman–Crippen MR) is 157 cm³/mol. The van der Waals surface area contributed by atoms with Crippen LogP contribution in [0.15, 0.2) is 82.4 Å². The monoisotopic (exact) mass is 613 g/mol. The standard InChI is InChI=1S/C32H32F5N5O2/c1-21-29(40-16-14-39(15-17-40)18-23-10-5-6-12-26(23)33)30(43)42(20-28(38)22-8-3-2-4-9-22)31(44)41(21)19-24-25(32(35,36)37)11-7-13-27(24)34/h2-13,28H,14-20,38H2,1H3/t28-/m1/s1. The Labute approximate surface area is 250 Å². The number of aromatic nitrogens is 2. The summed E-state index contributed by atoms with van der Waals surface area (Å²) in [6.07, 6.45) is -4.86. The average molecular weight is 614 g/mol. The molecular formula is C32H32F5N5O2. The fourth-order valence-electron chi connectivity index (χ4n) is 5.64. The quantitative estimate of drug-likeness (QED) is 0.292. The zero-order valence-corrected chi connectivity index (χ0v) is 24.0. The largest absolute Gasteiger partial charge is 0.416 e. The van der Waals surface area contributed by atoms with Crippen molar-refractivity contribution < 1.29 is 22.0 Å². The van der Waals surface area contributed by atoms with Gasteiger partial charge in [-0.15, -0.1) is 0 Å². The van der Waals surface area contributed by atoms with Crippen LogP contribution in [0.4, 0.5) is 27.6 Å². The normalized spacial score (nSPS) is 15.0.